The molecule has 3 nitrogen and oxygen atoms in total. The van der Waals surface area contributed by atoms with Crippen LogP contribution in [0.15, 0.2) is 0 Å². The van der Waals surface area contributed by atoms with Gasteiger partial charge in [-0.25, -0.2) is 0 Å². The first kappa shape index (κ1) is 25.4. The van der Waals surface area contributed by atoms with Crippen molar-refractivity contribution in [1.29, 1.82) is 0 Å². The van der Waals surface area contributed by atoms with E-state index in [0.717, 1.165) is 19.6 Å². The molecule has 0 amide bonds. The average Bonchev–Trinajstić information content (AvgIpc) is 2.43. The van der Waals surface area contributed by atoms with Crippen molar-refractivity contribution in [3.05, 3.63) is 0 Å². The fraction of sp³-hybridized carbons (Fsp3) is 1.00. The number of aliphatic hydroxyl groups is 2. The predicted octanol–water partition coefficient (Wildman–Crippen LogP) is -0.0521. The van der Waals surface area contributed by atoms with E-state index in [2.05, 4.69) is 6.92 Å². The molecule has 0 saturated heterocycles. The first-order valence-corrected chi connectivity index (χ1v) is 9.76. The maximum atomic E-state index is 9.51. The van der Waals surface area contributed by atoms with Crippen molar-refractivity contribution in [3.8, 4) is 0 Å². The van der Waals surface area contributed by atoms with Crippen LogP contribution in [0.25, 0.3) is 0 Å². The first-order chi connectivity index (χ1) is 10.6. The highest BCUT2D eigenvalue weighted by Gasteiger charge is 2.13. The van der Waals surface area contributed by atoms with Crippen molar-refractivity contribution in [2.75, 3.05) is 19.6 Å². The molecule has 0 aliphatic heterocycles. The van der Waals surface area contributed by atoms with Crippen LogP contribution in [-0.2, 0) is 0 Å². The Morgan fingerprint density at radius 1 is 0.652 bits per heavy atom. The number of unbranched alkanes of at least 4 members (excludes halogenated alkanes) is 10. The molecule has 0 saturated carbocycles. The molecular formula is C19H42ClNO2. The summed E-state index contributed by atoms with van der Waals surface area (Å²) in [6.07, 6.45) is 14.5. The molecule has 2 unspecified atom stereocenters. The van der Waals surface area contributed by atoms with Crippen molar-refractivity contribution in [2.24, 2.45) is 0 Å². The molecule has 0 aromatic heterocycles. The second kappa shape index (κ2) is 18.5. The Balaban J connectivity index is 0. The molecular weight excluding hydrogens is 310 g/mol. The van der Waals surface area contributed by atoms with Gasteiger partial charge in [-0.05, 0) is 26.7 Å². The van der Waals surface area contributed by atoms with Gasteiger partial charge in [0.1, 0.15) is 25.3 Å². The van der Waals surface area contributed by atoms with Crippen molar-refractivity contribution in [3.63, 3.8) is 0 Å². The van der Waals surface area contributed by atoms with Crippen LogP contribution in [0, 0.1) is 0 Å². The predicted molar refractivity (Wildman–Crippen MR) is 95.4 cm³/mol. The van der Waals surface area contributed by atoms with E-state index in [4.69, 9.17) is 0 Å². The molecule has 0 aliphatic rings. The normalized spacial score (nSPS) is 15.0. The van der Waals surface area contributed by atoms with Crippen LogP contribution in [0.5, 0.6) is 0 Å². The molecule has 2 atom stereocenters. The Morgan fingerprint density at radius 2 is 1.00 bits per heavy atom. The van der Waals surface area contributed by atoms with Crippen LogP contribution in [0.1, 0.15) is 91.4 Å². The van der Waals surface area contributed by atoms with Gasteiger partial charge in [0.25, 0.3) is 0 Å². The molecule has 0 rings (SSSR count). The van der Waals surface area contributed by atoms with Crippen LogP contribution in [-0.4, -0.2) is 42.1 Å². The molecule has 4 heteroatoms. The molecule has 3 N–H and O–H groups in total. The van der Waals surface area contributed by atoms with Gasteiger partial charge in [-0.3, -0.25) is 0 Å². The maximum absolute atomic E-state index is 9.51. The maximum Gasteiger partial charge on any atom is 0.103 e. The standard InChI is InChI=1S/C19H41NO2.ClH/c1-4-5-6-7-8-9-10-11-12-13-14-15-20(16-18(2)21)17-19(3)22;/h18-19,21-22H,4-17H2,1-3H3;1H. The van der Waals surface area contributed by atoms with E-state index < -0.39 is 0 Å². The summed E-state index contributed by atoms with van der Waals surface area (Å²) in [4.78, 5) is 1.33. The van der Waals surface area contributed by atoms with Gasteiger partial charge in [-0.15, -0.1) is 0 Å². The van der Waals surface area contributed by atoms with Gasteiger partial charge in [0.15, 0.2) is 0 Å². The van der Waals surface area contributed by atoms with Gasteiger partial charge < -0.3 is 27.5 Å². The summed E-state index contributed by atoms with van der Waals surface area (Å²) < 4.78 is 0. The quantitative estimate of drug-likeness (QED) is 0.341. The molecule has 23 heavy (non-hydrogen) atoms. The third-order valence-corrected chi connectivity index (χ3v) is 4.30. The molecule has 0 fully saturated rings. The Bertz CT molecular complexity index is 215. The van der Waals surface area contributed by atoms with E-state index in [9.17, 15) is 10.2 Å². The summed E-state index contributed by atoms with van der Waals surface area (Å²) >= 11 is 0. The summed E-state index contributed by atoms with van der Waals surface area (Å²) in [5, 5.41) is 19.0. The van der Waals surface area contributed by atoms with Crippen molar-refractivity contribution in [2.45, 2.75) is 104 Å². The van der Waals surface area contributed by atoms with Crippen LogP contribution in [0.3, 0.4) is 0 Å². The van der Waals surface area contributed by atoms with E-state index in [1.165, 1.54) is 75.5 Å². The van der Waals surface area contributed by atoms with Crippen molar-refractivity contribution >= 4 is 0 Å². The summed E-state index contributed by atoms with van der Waals surface area (Å²) in [6, 6.07) is 0. The molecule has 142 valence electrons. The van der Waals surface area contributed by atoms with Crippen molar-refractivity contribution in [1.82, 2.24) is 0 Å². The van der Waals surface area contributed by atoms with Gasteiger partial charge in [0.05, 0.1) is 6.54 Å². The second-order valence-electron chi connectivity index (χ2n) is 7.14. The highest BCUT2D eigenvalue weighted by atomic mass is 35.5. The van der Waals surface area contributed by atoms with Crippen LogP contribution in [0.2, 0.25) is 0 Å². The SMILES string of the molecule is CCCCCCCCCCCCC[NH+](CC(C)O)CC(C)O.[Cl-]. The van der Waals surface area contributed by atoms with Crippen LogP contribution < -0.4 is 17.3 Å². The Hall–Kier alpha value is 0.170. The number of rotatable bonds is 16. The molecule has 0 heterocycles. The minimum atomic E-state index is -0.276. The Kier molecular flexibility index (Phi) is 20.4. The number of quaternary nitrogens is 1. The van der Waals surface area contributed by atoms with Gasteiger partial charge in [0.2, 0.25) is 0 Å². The Morgan fingerprint density at radius 3 is 1.35 bits per heavy atom. The summed E-state index contributed by atoms with van der Waals surface area (Å²) in [7, 11) is 0. The third-order valence-electron chi connectivity index (χ3n) is 4.30. The minimum absolute atomic E-state index is 0. The van der Waals surface area contributed by atoms with Crippen LogP contribution >= 0.6 is 0 Å². The lowest BCUT2D eigenvalue weighted by Crippen LogP contribution is -3.14. The third kappa shape index (κ3) is 20.1. The second-order valence-corrected chi connectivity index (χ2v) is 7.14. The molecule has 0 radical (unpaired) electrons. The molecule has 0 spiro atoms. The molecule has 0 bridgehead atoms. The first-order valence-electron chi connectivity index (χ1n) is 9.76. The molecule has 0 aliphatic carbocycles. The zero-order valence-corrected chi connectivity index (χ0v) is 16.6. The number of hydrogen-bond donors (Lipinski definition) is 3. The summed E-state index contributed by atoms with van der Waals surface area (Å²) in [5.41, 5.74) is 0. The molecule has 0 aromatic rings. The topological polar surface area (TPSA) is 44.9 Å². The van der Waals surface area contributed by atoms with E-state index in [1.54, 1.807) is 0 Å². The zero-order valence-electron chi connectivity index (χ0n) is 15.8. The van der Waals surface area contributed by atoms with Gasteiger partial charge in [-0.1, -0.05) is 64.7 Å². The highest BCUT2D eigenvalue weighted by molar-refractivity contribution is 4.49. The summed E-state index contributed by atoms with van der Waals surface area (Å²) in [6.45, 7) is 8.52. The largest absolute Gasteiger partial charge is 1.00 e. The lowest BCUT2D eigenvalue weighted by Gasteiger charge is -2.22. The van der Waals surface area contributed by atoms with E-state index in [1.807, 2.05) is 13.8 Å². The van der Waals surface area contributed by atoms with E-state index in [0.29, 0.717) is 0 Å². The number of halogens is 1. The minimum Gasteiger partial charge on any atom is -1.00 e. The Labute approximate surface area is 151 Å². The summed E-state index contributed by atoms with van der Waals surface area (Å²) in [5.74, 6) is 0. The van der Waals surface area contributed by atoms with Gasteiger partial charge in [0, 0.05) is 0 Å². The smallest absolute Gasteiger partial charge is 0.103 e. The van der Waals surface area contributed by atoms with E-state index >= 15 is 0 Å². The average molecular weight is 352 g/mol. The number of nitrogens with one attached hydrogen (secondary N) is 1. The zero-order chi connectivity index (χ0) is 16.6. The fourth-order valence-electron chi connectivity index (χ4n) is 3.16. The number of hydrogen-bond acceptors (Lipinski definition) is 2. The van der Waals surface area contributed by atoms with Crippen molar-refractivity contribution < 1.29 is 27.5 Å². The van der Waals surface area contributed by atoms with E-state index in [-0.39, 0.29) is 24.6 Å². The van der Waals surface area contributed by atoms with Crippen LogP contribution in [0.4, 0.5) is 0 Å². The monoisotopic (exact) mass is 351 g/mol. The highest BCUT2D eigenvalue weighted by Crippen LogP contribution is 2.10. The lowest BCUT2D eigenvalue weighted by molar-refractivity contribution is -0.906. The lowest BCUT2D eigenvalue weighted by atomic mass is 10.1. The molecule has 0 aromatic carbocycles. The van der Waals surface area contributed by atoms with Gasteiger partial charge >= 0.3 is 0 Å². The van der Waals surface area contributed by atoms with Gasteiger partial charge in [-0.2, -0.15) is 0 Å². The fourth-order valence-corrected chi connectivity index (χ4v) is 3.16. The number of aliphatic hydroxyl groups excluding tert-OH is 2.